The molecule has 7 heteroatoms. The summed E-state index contributed by atoms with van der Waals surface area (Å²) in [4.78, 5) is 12.6. The Morgan fingerprint density at radius 3 is 1.96 bits per heavy atom. The summed E-state index contributed by atoms with van der Waals surface area (Å²) in [5.74, 6) is 1.33. The maximum absolute atomic E-state index is 12.6. The van der Waals surface area contributed by atoms with Gasteiger partial charge < -0.3 is 24.3 Å². The Bertz CT molecular complexity index is 723. The molecular weight excluding hydrogens is 334 g/mol. The monoisotopic (exact) mass is 351 g/mol. The zero-order valence-electron chi connectivity index (χ0n) is 13.8. The van der Waals surface area contributed by atoms with Crippen LogP contribution in [-0.2, 0) is 0 Å². The van der Waals surface area contributed by atoms with Gasteiger partial charge in [0.05, 0.1) is 34.1 Å². The molecule has 0 radical (unpaired) electrons. The van der Waals surface area contributed by atoms with Gasteiger partial charge in [-0.3, -0.25) is 4.79 Å². The first kappa shape index (κ1) is 17.7. The molecule has 1 N–H and O–H groups in total. The molecule has 1 amide bonds. The number of hydrogen-bond acceptors (Lipinski definition) is 5. The van der Waals surface area contributed by atoms with Crippen LogP contribution in [0.5, 0.6) is 23.0 Å². The third-order valence-corrected chi connectivity index (χ3v) is 3.57. The molecule has 24 heavy (non-hydrogen) atoms. The van der Waals surface area contributed by atoms with Crippen LogP contribution < -0.4 is 24.3 Å². The number of ether oxygens (including phenoxy) is 4. The van der Waals surface area contributed by atoms with Crippen LogP contribution in [-0.4, -0.2) is 34.3 Å². The Balaban J connectivity index is 2.38. The van der Waals surface area contributed by atoms with E-state index in [2.05, 4.69) is 5.32 Å². The van der Waals surface area contributed by atoms with Crippen molar-refractivity contribution in [2.45, 2.75) is 0 Å². The molecule has 2 aromatic rings. The lowest BCUT2D eigenvalue weighted by Gasteiger charge is -2.15. The van der Waals surface area contributed by atoms with Crippen molar-refractivity contribution in [3.05, 3.63) is 40.9 Å². The lowest BCUT2D eigenvalue weighted by atomic mass is 10.1. The van der Waals surface area contributed by atoms with E-state index >= 15 is 0 Å². The standard InChI is InChI=1S/C17H18ClNO5/c1-21-13-6-5-11(18)9-12(13)19-17(20)10-7-14(22-2)16(24-4)15(8-10)23-3/h5-9H,1-4H3,(H,19,20). The Kier molecular flexibility index (Phi) is 5.76. The molecule has 0 heterocycles. The van der Waals surface area contributed by atoms with Crippen LogP contribution in [0.1, 0.15) is 10.4 Å². The van der Waals surface area contributed by atoms with Gasteiger partial charge in [-0.25, -0.2) is 0 Å². The van der Waals surface area contributed by atoms with Gasteiger partial charge in [0, 0.05) is 10.6 Å². The van der Waals surface area contributed by atoms with Crippen molar-refractivity contribution in [2.24, 2.45) is 0 Å². The van der Waals surface area contributed by atoms with Crippen LogP contribution >= 0.6 is 11.6 Å². The summed E-state index contributed by atoms with van der Waals surface area (Å²) < 4.78 is 21.0. The molecule has 6 nitrogen and oxygen atoms in total. The van der Waals surface area contributed by atoms with Crippen LogP contribution in [0.4, 0.5) is 5.69 Å². The summed E-state index contributed by atoms with van der Waals surface area (Å²) in [5, 5.41) is 3.24. The molecule has 0 fully saturated rings. The first-order valence-electron chi connectivity index (χ1n) is 6.99. The first-order chi connectivity index (χ1) is 11.5. The Morgan fingerprint density at radius 2 is 1.46 bits per heavy atom. The third-order valence-electron chi connectivity index (χ3n) is 3.34. The number of hydrogen-bond donors (Lipinski definition) is 1. The summed E-state index contributed by atoms with van der Waals surface area (Å²) >= 11 is 5.97. The minimum Gasteiger partial charge on any atom is -0.495 e. The number of nitrogens with one attached hydrogen (secondary N) is 1. The Morgan fingerprint density at radius 1 is 0.875 bits per heavy atom. The molecule has 2 aromatic carbocycles. The lowest BCUT2D eigenvalue weighted by Crippen LogP contribution is -2.13. The topological polar surface area (TPSA) is 66.0 Å². The quantitative estimate of drug-likeness (QED) is 0.860. The van der Waals surface area contributed by atoms with Gasteiger partial charge in [0.1, 0.15) is 5.75 Å². The number of halogens is 1. The van der Waals surface area contributed by atoms with Crippen molar-refractivity contribution < 1.29 is 23.7 Å². The van der Waals surface area contributed by atoms with Crippen molar-refractivity contribution in [1.29, 1.82) is 0 Å². The van der Waals surface area contributed by atoms with Crippen molar-refractivity contribution in [3.8, 4) is 23.0 Å². The summed E-state index contributed by atoms with van der Waals surface area (Å²) in [6.07, 6.45) is 0. The molecule has 0 saturated carbocycles. The molecule has 0 saturated heterocycles. The molecule has 0 aromatic heterocycles. The zero-order valence-corrected chi connectivity index (χ0v) is 14.6. The summed E-state index contributed by atoms with van der Waals surface area (Å²) in [6, 6.07) is 8.08. The van der Waals surface area contributed by atoms with Crippen molar-refractivity contribution in [1.82, 2.24) is 0 Å². The molecule has 0 aliphatic heterocycles. The van der Waals surface area contributed by atoms with E-state index in [1.807, 2.05) is 0 Å². The highest BCUT2D eigenvalue weighted by molar-refractivity contribution is 6.31. The maximum Gasteiger partial charge on any atom is 0.256 e. The molecule has 0 aliphatic carbocycles. The fourth-order valence-electron chi connectivity index (χ4n) is 2.18. The third kappa shape index (κ3) is 3.65. The smallest absolute Gasteiger partial charge is 0.256 e. The summed E-state index contributed by atoms with van der Waals surface area (Å²) in [7, 11) is 5.98. The van der Waals surface area contributed by atoms with Gasteiger partial charge >= 0.3 is 0 Å². The minimum atomic E-state index is -0.366. The maximum atomic E-state index is 12.6. The highest BCUT2D eigenvalue weighted by Gasteiger charge is 2.18. The van der Waals surface area contributed by atoms with Crippen LogP contribution in [0.3, 0.4) is 0 Å². The second-order valence-corrected chi connectivity index (χ2v) is 5.15. The summed E-state index contributed by atoms with van der Waals surface area (Å²) in [6.45, 7) is 0. The highest BCUT2D eigenvalue weighted by atomic mass is 35.5. The fraction of sp³-hybridized carbons (Fsp3) is 0.235. The van der Waals surface area contributed by atoms with Crippen molar-refractivity contribution in [3.63, 3.8) is 0 Å². The number of anilines is 1. The highest BCUT2D eigenvalue weighted by Crippen LogP contribution is 2.38. The zero-order chi connectivity index (χ0) is 17.7. The normalized spacial score (nSPS) is 10.0. The summed E-state index contributed by atoms with van der Waals surface area (Å²) in [5.41, 5.74) is 0.801. The van der Waals surface area contributed by atoms with Gasteiger partial charge in [0.2, 0.25) is 5.75 Å². The van der Waals surface area contributed by atoms with Crippen molar-refractivity contribution in [2.75, 3.05) is 33.8 Å². The molecule has 128 valence electrons. The van der Waals surface area contributed by atoms with Gasteiger partial charge in [0.25, 0.3) is 5.91 Å². The van der Waals surface area contributed by atoms with Crippen molar-refractivity contribution >= 4 is 23.2 Å². The number of carbonyl (C=O) groups excluding carboxylic acids is 1. The van der Waals surface area contributed by atoms with Crippen LogP contribution in [0, 0.1) is 0 Å². The van der Waals surface area contributed by atoms with Gasteiger partial charge in [-0.1, -0.05) is 11.6 Å². The molecule has 0 bridgehead atoms. The van der Waals surface area contributed by atoms with Crippen LogP contribution in [0.25, 0.3) is 0 Å². The number of methoxy groups -OCH3 is 4. The van der Waals surface area contributed by atoms with E-state index in [9.17, 15) is 4.79 Å². The number of rotatable bonds is 6. The Labute approximate surface area is 145 Å². The SMILES string of the molecule is COc1ccc(Cl)cc1NC(=O)c1cc(OC)c(OC)c(OC)c1. The first-order valence-corrected chi connectivity index (χ1v) is 7.36. The van der Waals surface area contributed by atoms with Gasteiger partial charge in [0.15, 0.2) is 11.5 Å². The van der Waals surface area contributed by atoms with E-state index in [0.29, 0.717) is 39.3 Å². The lowest BCUT2D eigenvalue weighted by molar-refractivity contribution is 0.102. The largest absolute Gasteiger partial charge is 0.495 e. The van der Waals surface area contributed by atoms with Gasteiger partial charge in [-0.2, -0.15) is 0 Å². The number of carbonyl (C=O) groups is 1. The number of benzene rings is 2. The average molecular weight is 352 g/mol. The average Bonchev–Trinajstić information content (AvgIpc) is 2.60. The molecule has 0 unspecified atom stereocenters. The molecule has 0 aliphatic rings. The molecular formula is C17H18ClNO5. The molecule has 2 rings (SSSR count). The van der Waals surface area contributed by atoms with Gasteiger partial charge in [-0.15, -0.1) is 0 Å². The minimum absolute atomic E-state index is 0.339. The van der Waals surface area contributed by atoms with E-state index in [1.165, 1.54) is 28.4 Å². The van der Waals surface area contributed by atoms with Gasteiger partial charge in [-0.05, 0) is 30.3 Å². The van der Waals surface area contributed by atoms with Crippen LogP contribution in [0.15, 0.2) is 30.3 Å². The van der Waals surface area contributed by atoms with E-state index in [0.717, 1.165) is 0 Å². The fourth-order valence-corrected chi connectivity index (χ4v) is 2.36. The van der Waals surface area contributed by atoms with E-state index in [4.69, 9.17) is 30.5 Å². The predicted molar refractivity (Wildman–Crippen MR) is 92.1 cm³/mol. The van der Waals surface area contributed by atoms with E-state index in [-0.39, 0.29) is 5.91 Å². The predicted octanol–water partition coefficient (Wildman–Crippen LogP) is 3.63. The van der Waals surface area contributed by atoms with E-state index in [1.54, 1.807) is 30.3 Å². The van der Waals surface area contributed by atoms with Crippen LogP contribution in [0.2, 0.25) is 5.02 Å². The van der Waals surface area contributed by atoms with E-state index < -0.39 is 0 Å². The second-order valence-electron chi connectivity index (χ2n) is 4.71. The Hall–Kier alpha value is -2.60. The molecule has 0 atom stereocenters. The second kappa shape index (κ2) is 7.79. The molecule has 0 spiro atoms. The number of amides is 1.